The van der Waals surface area contributed by atoms with Gasteiger partial charge in [0.25, 0.3) is 5.22 Å². The molecule has 0 aliphatic heterocycles. The second-order valence-corrected chi connectivity index (χ2v) is 7.41. The van der Waals surface area contributed by atoms with Crippen LogP contribution in [-0.4, -0.2) is 20.4 Å². The van der Waals surface area contributed by atoms with E-state index in [1.165, 1.54) is 23.9 Å². The van der Waals surface area contributed by atoms with Crippen molar-refractivity contribution >= 4 is 27.7 Å². The van der Waals surface area contributed by atoms with Crippen molar-refractivity contribution in [3.63, 3.8) is 0 Å². The minimum atomic E-state index is -0.292. The van der Waals surface area contributed by atoms with Crippen LogP contribution in [0.25, 0.3) is 11.5 Å². The van der Waals surface area contributed by atoms with Gasteiger partial charge in [0.2, 0.25) is 17.7 Å². The topological polar surface area (TPSA) is 77.8 Å². The lowest BCUT2D eigenvalue weighted by molar-refractivity contribution is 0.419. The molecule has 0 atom stereocenters. The molecule has 136 valence electrons. The van der Waals surface area contributed by atoms with E-state index in [-0.39, 0.29) is 5.82 Å². The van der Waals surface area contributed by atoms with Gasteiger partial charge in [-0.25, -0.2) is 4.39 Å². The Bertz CT molecular complexity index is 1070. The highest BCUT2D eigenvalue weighted by atomic mass is 79.9. The first-order valence-electron chi connectivity index (χ1n) is 7.94. The third kappa shape index (κ3) is 4.61. The standard InChI is InChI=1S/C18H12BrFN4O2S/c19-13-5-2-4-12(9-13)17-23-22-16(25-17)10-27-18-24-21-15(26-18)8-11-3-1-6-14(20)7-11/h1-7,9H,8,10H2. The van der Waals surface area contributed by atoms with Gasteiger partial charge in [-0.05, 0) is 35.9 Å². The van der Waals surface area contributed by atoms with Crippen LogP contribution in [0.2, 0.25) is 0 Å². The van der Waals surface area contributed by atoms with Crippen LogP contribution in [0.3, 0.4) is 0 Å². The molecule has 0 radical (unpaired) electrons. The van der Waals surface area contributed by atoms with Gasteiger partial charge in [0.15, 0.2) is 0 Å². The molecule has 4 rings (SSSR count). The summed E-state index contributed by atoms with van der Waals surface area (Å²) in [6.07, 6.45) is 0.374. The van der Waals surface area contributed by atoms with Crippen molar-refractivity contribution < 1.29 is 13.2 Å². The Morgan fingerprint density at radius 1 is 0.926 bits per heavy atom. The molecule has 2 aromatic heterocycles. The monoisotopic (exact) mass is 446 g/mol. The molecule has 0 spiro atoms. The van der Waals surface area contributed by atoms with Gasteiger partial charge in [-0.3, -0.25) is 0 Å². The van der Waals surface area contributed by atoms with Gasteiger partial charge in [-0.2, -0.15) is 0 Å². The lowest BCUT2D eigenvalue weighted by atomic mass is 10.1. The summed E-state index contributed by atoms with van der Waals surface area (Å²) in [5.74, 6) is 1.44. The molecular formula is C18H12BrFN4O2S. The van der Waals surface area contributed by atoms with Crippen LogP contribution in [0, 0.1) is 5.82 Å². The molecule has 0 N–H and O–H groups in total. The van der Waals surface area contributed by atoms with Crippen molar-refractivity contribution in [2.24, 2.45) is 0 Å². The summed E-state index contributed by atoms with van der Waals surface area (Å²) in [7, 11) is 0. The second-order valence-electron chi connectivity index (χ2n) is 5.57. The molecule has 0 bridgehead atoms. The predicted octanol–water partition coefficient (Wildman–Crippen LogP) is 4.90. The fourth-order valence-electron chi connectivity index (χ4n) is 2.36. The van der Waals surface area contributed by atoms with E-state index in [0.717, 1.165) is 15.6 Å². The molecule has 0 fully saturated rings. The molecule has 0 unspecified atom stereocenters. The number of hydrogen-bond acceptors (Lipinski definition) is 7. The molecule has 4 aromatic rings. The number of rotatable bonds is 6. The van der Waals surface area contributed by atoms with Gasteiger partial charge in [-0.15, -0.1) is 20.4 Å². The summed E-state index contributed by atoms with van der Waals surface area (Å²) in [4.78, 5) is 0. The molecule has 6 nitrogen and oxygen atoms in total. The average molecular weight is 447 g/mol. The van der Waals surface area contributed by atoms with Gasteiger partial charge >= 0.3 is 0 Å². The van der Waals surface area contributed by atoms with Gasteiger partial charge in [-0.1, -0.05) is 45.9 Å². The van der Waals surface area contributed by atoms with Crippen molar-refractivity contribution in [1.29, 1.82) is 0 Å². The first-order chi connectivity index (χ1) is 13.2. The van der Waals surface area contributed by atoms with Crippen molar-refractivity contribution in [3.8, 4) is 11.5 Å². The molecule has 27 heavy (non-hydrogen) atoms. The summed E-state index contributed by atoms with van der Waals surface area (Å²) in [5, 5.41) is 16.5. The number of aromatic nitrogens is 4. The Kier molecular flexibility index (Phi) is 5.30. The third-order valence-corrected chi connectivity index (χ3v) is 4.85. The van der Waals surface area contributed by atoms with Crippen LogP contribution < -0.4 is 0 Å². The van der Waals surface area contributed by atoms with Gasteiger partial charge in [0.05, 0.1) is 12.2 Å². The van der Waals surface area contributed by atoms with E-state index in [4.69, 9.17) is 8.83 Å². The molecule has 0 aliphatic carbocycles. The zero-order chi connectivity index (χ0) is 18.6. The van der Waals surface area contributed by atoms with Crippen molar-refractivity contribution in [2.75, 3.05) is 0 Å². The van der Waals surface area contributed by atoms with E-state index >= 15 is 0 Å². The second kappa shape index (κ2) is 8.01. The quantitative estimate of drug-likeness (QED) is 0.389. The first kappa shape index (κ1) is 17.9. The fourth-order valence-corrected chi connectivity index (χ4v) is 3.38. The number of halogens is 2. The van der Waals surface area contributed by atoms with Crippen LogP contribution in [0.5, 0.6) is 0 Å². The number of benzene rings is 2. The lowest BCUT2D eigenvalue weighted by Crippen LogP contribution is -1.89. The van der Waals surface area contributed by atoms with E-state index in [1.807, 2.05) is 30.3 Å². The Labute approximate surface area is 166 Å². The zero-order valence-electron chi connectivity index (χ0n) is 13.8. The maximum absolute atomic E-state index is 13.2. The zero-order valence-corrected chi connectivity index (χ0v) is 16.2. The molecule has 9 heteroatoms. The number of hydrogen-bond donors (Lipinski definition) is 0. The summed E-state index contributed by atoms with van der Waals surface area (Å²) >= 11 is 4.71. The van der Waals surface area contributed by atoms with E-state index < -0.39 is 0 Å². The minimum absolute atomic E-state index is 0.292. The largest absolute Gasteiger partial charge is 0.420 e. The first-order valence-corrected chi connectivity index (χ1v) is 9.71. The highest BCUT2D eigenvalue weighted by Crippen LogP contribution is 2.25. The SMILES string of the molecule is Fc1cccc(Cc2nnc(SCc3nnc(-c4cccc(Br)c4)o3)o2)c1. The van der Waals surface area contributed by atoms with Crippen LogP contribution in [0.15, 0.2) is 67.1 Å². The summed E-state index contributed by atoms with van der Waals surface area (Å²) in [5.41, 5.74) is 1.61. The van der Waals surface area contributed by atoms with E-state index in [1.54, 1.807) is 6.07 Å². The fraction of sp³-hybridized carbons (Fsp3) is 0.111. The summed E-state index contributed by atoms with van der Waals surface area (Å²) in [6.45, 7) is 0. The van der Waals surface area contributed by atoms with Gasteiger partial charge in [0.1, 0.15) is 5.82 Å². The molecule has 0 saturated carbocycles. The Morgan fingerprint density at radius 2 is 1.78 bits per heavy atom. The molecule has 2 heterocycles. The van der Waals surface area contributed by atoms with Crippen molar-refractivity contribution in [1.82, 2.24) is 20.4 Å². The summed E-state index contributed by atoms with van der Waals surface area (Å²) in [6, 6.07) is 13.9. The highest BCUT2D eigenvalue weighted by Gasteiger charge is 2.12. The average Bonchev–Trinajstić information content (AvgIpc) is 3.29. The molecule has 0 amide bonds. The number of nitrogens with zero attached hydrogens (tertiary/aromatic N) is 4. The predicted molar refractivity (Wildman–Crippen MR) is 100 cm³/mol. The lowest BCUT2D eigenvalue weighted by Gasteiger charge is -1.96. The maximum atomic E-state index is 13.2. The molecule has 0 saturated heterocycles. The Balaban J connectivity index is 1.38. The van der Waals surface area contributed by atoms with Gasteiger partial charge in [0, 0.05) is 10.0 Å². The summed E-state index contributed by atoms with van der Waals surface area (Å²) < 4.78 is 25.4. The molecular weight excluding hydrogens is 435 g/mol. The minimum Gasteiger partial charge on any atom is -0.420 e. The van der Waals surface area contributed by atoms with E-state index in [2.05, 4.69) is 36.3 Å². The Morgan fingerprint density at radius 3 is 2.63 bits per heavy atom. The highest BCUT2D eigenvalue weighted by molar-refractivity contribution is 9.10. The third-order valence-electron chi connectivity index (χ3n) is 3.55. The van der Waals surface area contributed by atoms with Crippen molar-refractivity contribution in [3.05, 3.63) is 76.2 Å². The van der Waals surface area contributed by atoms with E-state index in [9.17, 15) is 4.39 Å². The Hall–Kier alpha value is -2.52. The van der Waals surface area contributed by atoms with Crippen LogP contribution >= 0.6 is 27.7 Å². The smallest absolute Gasteiger partial charge is 0.277 e. The van der Waals surface area contributed by atoms with Crippen LogP contribution in [-0.2, 0) is 12.2 Å². The van der Waals surface area contributed by atoms with Crippen LogP contribution in [0.4, 0.5) is 4.39 Å². The van der Waals surface area contributed by atoms with Crippen LogP contribution in [0.1, 0.15) is 17.3 Å². The maximum Gasteiger partial charge on any atom is 0.277 e. The van der Waals surface area contributed by atoms with E-state index in [0.29, 0.717) is 35.1 Å². The molecule has 2 aromatic carbocycles. The number of thioether (sulfide) groups is 1. The van der Waals surface area contributed by atoms with Crippen molar-refractivity contribution in [2.45, 2.75) is 17.4 Å². The van der Waals surface area contributed by atoms with Gasteiger partial charge < -0.3 is 8.83 Å². The molecule has 0 aliphatic rings. The normalized spacial score (nSPS) is 11.0.